The van der Waals surface area contributed by atoms with Crippen molar-refractivity contribution in [3.05, 3.63) is 71.3 Å². The highest BCUT2D eigenvalue weighted by Gasteiger charge is 2.30. The Morgan fingerprint density at radius 2 is 1.82 bits per heavy atom. The molecule has 1 N–H and O–H groups in total. The molecule has 2 aromatic carbocycles. The molecule has 1 unspecified atom stereocenters. The largest absolute Gasteiger partial charge is 0.497 e. The summed E-state index contributed by atoms with van der Waals surface area (Å²) in [7, 11) is 1.65. The van der Waals surface area contributed by atoms with Gasteiger partial charge in [0.15, 0.2) is 0 Å². The van der Waals surface area contributed by atoms with Crippen LogP contribution >= 0.6 is 0 Å². The Labute approximate surface area is 167 Å². The molecular formula is C24H28N2O2. The third-order valence-electron chi connectivity index (χ3n) is 5.89. The van der Waals surface area contributed by atoms with Gasteiger partial charge < -0.3 is 10.1 Å². The van der Waals surface area contributed by atoms with E-state index in [1.165, 1.54) is 11.1 Å². The third kappa shape index (κ3) is 4.45. The van der Waals surface area contributed by atoms with E-state index in [1.807, 2.05) is 30.3 Å². The van der Waals surface area contributed by atoms with Gasteiger partial charge in [0.1, 0.15) is 5.75 Å². The smallest absolute Gasteiger partial charge is 0.244 e. The van der Waals surface area contributed by atoms with Crippen molar-refractivity contribution >= 4 is 12.0 Å². The van der Waals surface area contributed by atoms with Crippen LogP contribution in [0.2, 0.25) is 0 Å². The lowest BCUT2D eigenvalue weighted by atomic mass is 10.0. The fourth-order valence-corrected chi connectivity index (χ4v) is 4.39. The van der Waals surface area contributed by atoms with Crippen LogP contribution in [0, 0.1) is 0 Å². The Bertz CT molecular complexity index is 819. The number of benzene rings is 2. The second kappa shape index (κ2) is 8.61. The number of hydrogen-bond acceptors (Lipinski definition) is 3. The second-order valence-electron chi connectivity index (χ2n) is 7.78. The number of nitrogens with zero attached hydrogens (tertiary/aromatic N) is 1. The molecule has 1 saturated heterocycles. The molecule has 4 heteroatoms. The van der Waals surface area contributed by atoms with E-state index in [0.29, 0.717) is 6.04 Å². The average Bonchev–Trinajstić information content (AvgIpc) is 3.17. The Kier molecular flexibility index (Phi) is 5.77. The standard InChI is InChI=1S/C24H28N2O2/c1-28-23-11-8-18(9-12-23)10-13-24(27)25-21-7-4-14-26(17-21)22-15-19-5-2-3-6-20(19)16-22/h2-3,5-6,8-13,21-22H,4,7,14-17H2,1H3,(H,25,27)/b13-10+. The summed E-state index contributed by atoms with van der Waals surface area (Å²) in [6.07, 6.45) is 7.94. The zero-order valence-corrected chi connectivity index (χ0v) is 16.4. The van der Waals surface area contributed by atoms with Crippen LogP contribution in [0.3, 0.4) is 0 Å². The van der Waals surface area contributed by atoms with Crippen molar-refractivity contribution in [2.24, 2.45) is 0 Å². The predicted molar refractivity (Wildman–Crippen MR) is 112 cm³/mol. The number of carbonyl (C=O) groups excluding carboxylic acids is 1. The molecule has 0 aromatic heterocycles. The van der Waals surface area contributed by atoms with Gasteiger partial charge in [0.25, 0.3) is 0 Å². The molecule has 1 atom stereocenters. The predicted octanol–water partition coefficient (Wildman–Crippen LogP) is 3.46. The molecule has 4 nitrogen and oxygen atoms in total. The van der Waals surface area contributed by atoms with E-state index >= 15 is 0 Å². The minimum absolute atomic E-state index is 0.0163. The molecule has 2 aromatic rings. The van der Waals surface area contributed by atoms with Gasteiger partial charge in [0.05, 0.1) is 7.11 Å². The van der Waals surface area contributed by atoms with Gasteiger partial charge in [-0.3, -0.25) is 9.69 Å². The topological polar surface area (TPSA) is 41.6 Å². The molecule has 1 aliphatic heterocycles. The number of fused-ring (bicyclic) bond motifs is 1. The van der Waals surface area contributed by atoms with Gasteiger partial charge >= 0.3 is 0 Å². The molecule has 2 aliphatic rings. The number of hydrogen-bond donors (Lipinski definition) is 1. The highest BCUT2D eigenvalue weighted by atomic mass is 16.5. The zero-order chi connectivity index (χ0) is 19.3. The van der Waals surface area contributed by atoms with Crippen LogP contribution in [0.4, 0.5) is 0 Å². The molecule has 4 rings (SSSR count). The Morgan fingerprint density at radius 3 is 2.50 bits per heavy atom. The van der Waals surface area contributed by atoms with Crippen molar-refractivity contribution in [3.63, 3.8) is 0 Å². The molecule has 0 radical (unpaired) electrons. The Morgan fingerprint density at radius 1 is 1.11 bits per heavy atom. The first-order chi connectivity index (χ1) is 13.7. The lowest BCUT2D eigenvalue weighted by molar-refractivity contribution is -0.117. The van der Waals surface area contributed by atoms with Gasteiger partial charge in [-0.05, 0) is 67.1 Å². The summed E-state index contributed by atoms with van der Waals surface area (Å²) in [4.78, 5) is 14.9. The molecule has 0 bridgehead atoms. The van der Waals surface area contributed by atoms with Crippen LogP contribution in [0.15, 0.2) is 54.6 Å². The van der Waals surface area contributed by atoms with Gasteiger partial charge in [0, 0.05) is 24.7 Å². The van der Waals surface area contributed by atoms with E-state index in [-0.39, 0.29) is 11.9 Å². The maximum absolute atomic E-state index is 12.4. The number of likely N-dealkylation sites (tertiary alicyclic amines) is 1. The van der Waals surface area contributed by atoms with Crippen molar-refractivity contribution in [1.29, 1.82) is 0 Å². The highest BCUT2D eigenvalue weighted by Crippen LogP contribution is 2.27. The maximum Gasteiger partial charge on any atom is 0.244 e. The first kappa shape index (κ1) is 18.8. The number of nitrogens with one attached hydrogen (secondary N) is 1. The SMILES string of the molecule is COc1ccc(/C=C/C(=O)NC2CCCN(C3Cc4ccccc4C3)C2)cc1. The maximum atomic E-state index is 12.4. The van der Waals surface area contributed by atoms with Gasteiger partial charge in [-0.2, -0.15) is 0 Å². The first-order valence-electron chi connectivity index (χ1n) is 10.1. The van der Waals surface area contributed by atoms with E-state index in [4.69, 9.17) is 4.74 Å². The Balaban J connectivity index is 1.30. The summed E-state index contributed by atoms with van der Waals surface area (Å²) >= 11 is 0. The summed E-state index contributed by atoms with van der Waals surface area (Å²) in [5.74, 6) is 0.801. The van der Waals surface area contributed by atoms with E-state index in [2.05, 4.69) is 34.5 Å². The van der Waals surface area contributed by atoms with Crippen LogP contribution in [-0.2, 0) is 17.6 Å². The lowest BCUT2D eigenvalue weighted by Crippen LogP contribution is -2.51. The van der Waals surface area contributed by atoms with Gasteiger partial charge in [-0.1, -0.05) is 36.4 Å². The van der Waals surface area contributed by atoms with Crippen molar-refractivity contribution in [1.82, 2.24) is 10.2 Å². The zero-order valence-electron chi connectivity index (χ0n) is 16.4. The van der Waals surface area contributed by atoms with Crippen LogP contribution in [0.1, 0.15) is 29.5 Å². The van der Waals surface area contributed by atoms with E-state index in [9.17, 15) is 4.79 Å². The summed E-state index contributed by atoms with van der Waals surface area (Å²) in [6, 6.07) is 17.3. The van der Waals surface area contributed by atoms with Gasteiger partial charge in [-0.25, -0.2) is 0 Å². The third-order valence-corrected chi connectivity index (χ3v) is 5.89. The molecule has 1 heterocycles. The minimum Gasteiger partial charge on any atom is -0.497 e. The molecule has 0 saturated carbocycles. The number of amides is 1. The summed E-state index contributed by atoms with van der Waals surface area (Å²) in [5.41, 5.74) is 3.96. The van der Waals surface area contributed by atoms with Gasteiger partial charge in [0.2, 0.25) is 5.91 Å². The van der Waals surface area contributed by atoms with Gasteiger partial charge in [-0.15, -0.1) is 0 Å². The van der Waals surface area contributed by atoms with Crippen molar-refractivity contribution in [2.45, 2.75) is 37.8 Å². The van der Waals surface area contributed by atoms with Crippen molar-refractivity contribution < 1.29 is 9.53 Å². The fourth-order valence-electron chi connectivity index (χ4n) is 4.39. The number of methoxy groups -OCH3 is 1. The molecule has 146 valence electrons. The van der Waals surface area contributed by atoms with Crippen LogP contribution < -0.4 is 10.1 Å². The normalized spacial score (nSPS) is 20.2. The molecule has 0 spiro atoms. The van der Waals surface area contributed by atoms with Crippen LogP contribution in [0.5, 0.6) is 5.75 Å². The van der Waals surface area contributed by atoms with E-state index < -0.39 is 0 Å². The summed E-state index contributed by atoms with van der Waals surface area (Å²) in [5, 5.41) is 3.19. The van der Waals surface area contributed by atoms with Crippen LogP contribution in [-0.4, -0.2) is 43.1 Å². The van der Waals surface area contributed by atoms with Crippen LogP contribution in [0.25, 0.3) is 6.08 Å². The Hall–Kier alpha value is -2.59. The lowest BCUT2D eigenvalue weighted by Gasteiger charge is -2.37. The molecule has 1 fully saturated rings. The van der Waals surface area contributed by atoms with Crippen molar-refractivity contribution in [3.8, 4) is 5.75 Å². The fraction of sp³-hybridized carbons (Fsp3) is 0.375. The number of piperidine rings is 1. The highest BCUT2D eigenvalue weighted by molar-refractivity contribution is 5.91. The monoisotopic (exact) mass is 376 g/mol. The molecule has 1 amide bonds. The second-order valence-corrected chi connectivity index (χ2v) is 7.78. The van der Waals surface area contributed by atoms with E-state index in [0.717, 1.165) is 50.1 Å². The molecular weight excluding hydrogens is 348 g/mol. The average molecular weight is 377 g/mol. The first-order valence-corrected chi connectivity index (χ1v) is 10.1. The summed E-state index contributed by atoms with van der Waals surface area (Å²) < 4.78 is 5.16. The summed E-state index contributed by atoms with van der Waals surface area (Å²) in [6.45, 7) is 2.08. The molecule has 1 aliphatic carbocycles. The number of rotatable bonds is 5. The minimum atomic E-state index is -0.0163. The van der Waals surface area contributed by atoms with Crippen molar-refractivity contribution in [2.75, 3.05) is 20.2 Å². The van der Waals surface area contributed by atoms with E-state index in [1.54, 1.807) is 13.2 Å². The molecule has 28 heavy (non-hydrogen) atoms. The quantitative estimate of drug-likeness (QED) is 0.813. The number of ether oxygens (including phenoxy) is 1. The number of carbonyl (C=O) groups is 1.